The lowest BCUT2D eigenvalue weighted by Gasteiger charge is -2.22. The monoisotopic (exact) mass is 345 g/mol. The number of carbonyl (C=O) groups excluding carboxylic acids is 2. The predicted molar refractivity (Wildman–Crippen MR) is 91.3 cm³/mol. The largest absolute Gasteiger partial charge is 0.353 e. The number of amides is 2. The first-order chi connectivity index (χ1) is 10.3. The molecule has 7 heteroatoms. The van der Waals surface area contributed by atoms with E-state index in [4.69, 9.17) is 0 Å². The van der Waals surface area contributed by atoms with Gasteiger partial charge in [-0.1, -0.05) is 13.8 Å². The molecule has 0 fully saturated rings. The van der Waals surface area contributed by atoms with Crippen molar-refractivity contribution in [2.24, 2.45) is 5.92 Å². The third kappa shape index (κ3) is 6.97. The second kappa shape index (κ2) is 10.2. The molecule has 0 radical (unpaired) electrons. The van der Waals surface area contributed by atoms with Crippen molar-refractivity contribution in [2.75, 3.05) is 13.6 Å². The summed E-state index contributed by atoms with van der Waals surface area (Å²) in [6.45, 7) is 6.14. The van der Waals surface area contributed by atoms with Crippen LogP contribution in [0, 0.1) is 11.7 Å². The number of halogens is 2. The van der Waals surface area contributed by atoms with Gasteiger partial charge in [-0.25, -0.2) is 4.39 Å². The fraction of sp³-hybridized carbons (Fsp3) is 0.500. The van der Waals surface area contributed by atoms with E-state index in [1.54, 1.807) is 0 Å². The lowest BCUT2D eigenvalue weighted by Crippen LogP contribution is -2.51. The van der Waals surface area contributed by atoms with Crippen LogP contribution < -0.4 is 16.0 Å². The Labute approximate surface area is 142 Å². The van der Waals surface area contributed by atoms with E-state index in [1.807, 2.05) is 27.8 Å². The molecule has 1 rings (SSSR count). The highest BCUT2D eigenvalue weighted by Gasteiger charge is 2.24. The molecule has 0 aliphatic rings. The molecule has 23 heavy (non-hydrogen) atoms. The van der Waals surface area contributed by atoms with Gasteiger partial charge in [0.15, 0.2) is 0 Å². The van der Waals surface area contributed by atoms with Crippen LogP contribution in [0.25, 0.3) is 0 Å². The first-order valence-electron chi connectivity index (χ1n) is 7.36. The zero-order valence-corrected chi connectivity index (χ0v) is 14.7. The molecular weight excluding hydrogens is 321 g/mol. The van der Waals surface area contributed by atoms with E-state index in [0.717, 1.165) is 0 Å². The van der Waals surface area contributed by atoms with Gasteiger partial charge in [0, 0.05) is 18.2 Å². The van der Waals surface area contributed by atoms with Crippen LogP contribution in [-0.4, -0.2) is 37.5 Å². The van der Waals surface area contributed by atoms with Crippen LogP contribution in [0.5, 0.6) is 0 Å². The fourth-order valence-corrected chi connectivity index (χ4v) is 1.83. The van der Waals surface area contributed by atoms with Gasteiger partial charge >= 0.3 is 0 Å². The molecule has 2 atom stereocenters. The molecule has 0 bridgehead atoms. The molecule has 0 aliphatic heterocycles. The first kappa shape index (κ1) is 21.3. The summed E-state index contributed by atoms with van der Waals surface area (Å²) in [6.07, 6.45) is 0. The van der Waals surface area contributed by atoms with Gasteiger partial charge in [-0.15, -0.1) is 12.4 Å². The van der Waals surface area contributed by atoms with Gasteiger partial charge in [-0.3, -0.25) is 9.59 Å². The standard InChI is InChI=1S/C16H24FN3O2.ClH/c1-10(2)14(16(22)19-9-11(3)18-4)20-15(21)12-5-7-13(17)8-6-12;/h5-8,10-11,14,18H,9H2,1-4H3,(H,19,22)(H,20,21);1H. The van der Waals surface area contributed by atoms with Crippen molar-refractivity contribution in [3.05, 3.63) is 35.6 Å². The molecule has 0 aromatic heterocycles. The molecule has 1 aromatic carbocycles. The van der Waals surface area contributed by atoms with E-state index < -0.39 is 17.8 Å². The molecule has 130 valence electrons. The van der Waals surface area contributed by atoms with Crippen LogP contribution in [0.4, 0.5) is 4.39 Å². The summed E-state index contributed by atoms with van der Waals surface area (Å²) in [7, 11) is 1.81. The summed E-state index contributed by atoms with van der Waals surface area (Å²) in [6, 6.07) is 4.72. The minimum Gasteiger partial charge on any atom is -0.353 e. The lowest BCUT2D eigenvalue weighted by atomic mass is 10.0. The average Bonchev–Trinajstić information content (AvgIpc) is 2.49. The summed E-state index contributed by atoms with van der Waals surface area (Å²) >= 11 is 0. The van der Waals surface area contributed by atoms with Crippen LogP contribution in [0.15, 0.2) is 24.3 Å². The van der Waals surface area contributed by atoms with Crippen LogP contribution >= 0.6 is 12.4 Å². The van der Waals surface area contributed by atoms with Gasteiger partial charge in [0.05, 0.1) is 0 Å². The summed E-state index contributed by atoms with van der Waals surface area (Å²) in [5, 5.41) is 8.53. The van der Waals surface area contributed by atoms with Gasteiger partial charge in [0.25, 0.3) is 5.91 Å². The maximum absolute atomic E-state index is 12.9. The van der Waals surface area contributed by atoms with Crippen LogP contribution in [0.3, 0.4) is 0 Å². The zero-order chi connectivity index (χ0) is 16.7. The van der Waals surface area contributed by atoms with Crippen molar-refractivity contribution < 1.29 is 14.0 Å². The zero-order valence-electron chi connectivity index (χ0n) is 13.9. The van der Waals surface area contributed by atoms with Gasteiger partial charge in [0.1, 0.15) is 11.9 Å². The number of hydrogen-bond acceptors (Lipinski definition) is 3. The smallest absolute Gasteiger partial charge is 0.251 e. The molecule has 0 aliphatic carbocycles. The quantitative estimate of drug-likeness (QED) is 0.705. The van der Waals surface area contributed by atoms with Crippen molar-refractivity contribution in [2.45, 2.75) is 32.9 Å². The third-order valence-corrected chi connectivity index (χ3v) is 3.42. The topological polar surface area (TPSA) is 70.2 Å². The summed E-state index contributed by atoms with van der Waals surface area (Å²) in [4.78, 5) is 24.4. The highest BCUT2D eigenvalue weighted by molar-refractivity contribution is 5.97. The maximum Gasteiger partial charge on any atom is 0.251 e. The predicted octanol–water partition coefficient (Wildman–Crippen LogP) is 1.73. The Morgan fingerprint density at radius 1 is 1.13 bits per heavy atom. The highest BCUT2D eigenvalue weighted by Crippen LogP contribution is 2.06. The lowest BCUT2D eigenvalue weighted by molar-refractivity contribution is -0.124. The molecular formula is C16H25ClFN3O2. The van der Waals surface area contributed by atoms with Crippen LogP contribution in [0.1, 0.15) is 31.1 Å². The van der Waals surface area contributed by atoms with Crippen molar-refractivity contribution >= 4 is 24.2 Å². The second-order valence-corrected chi connectivity index (χ2v) is 5.64. The summed E-state index contributed by atoms with van der Waals surface area (Å²) in [5.41, 5.74) is 0.323. The fourth-order valence-electron chi connectivity index (χ4n) is 1.83. The molecule has 2 unspecified atom stereocenters. The highest BCUT2D eigenvalue weighted by atomic mass is 35.5. The second-order valence-electron chi connectivity index (χ2n) is 5.64. The van der Waals surface area contributed by atoms with Crippen molar-refractivity contribution in [3.63, 3.8) is 0 Å². The molecule has 3 N–H and O–H groups in total. The Morgan fingerprint density at radius 2 is 1.70 bits per heavy atom. The van der Waals surface area contributed by atoms with E-state index in [9.17, 15) is 14.0 Å². The van der Waals surface area contributed by atoms with E-state index >= 15 is 0 Å². The van der Waals surface area contributed by atoms with Crippen molar-refractivity contribution in [3.8, 4) is 0 Å². The Bertz CT molecular complexity index is 509. The maximum atomic E-state index is 12.9. The molecule has 0 saturated carbocycles. The Balaban J connectivity index is 0.00000484. The minimum atomic E-state index is -0.637. The third-order valence-electron chi connectivity index (χ3n) is 3.42. The van der Waals surface area contributed by atoms with Crippen LogP contribution in [-0.2, 0) is 4.79 Å². The van der Waals surface area contributed by atoms with Crippen LogP contribution in [0.2, 0.25) is 0 Å². The molecule has 0 spiro atoms. The summed E-state index contributed by atoms with van der Waals surface area (Å²) < 4.78 is 12.9. The molecule has 5 nitrogen and oxygen atoms in total. The van der Waals surface area contributed by atoms with Gasteiger partial charge in [-0.2, -0.15) is 0 Å². The van der Waals surface area contributed by atoms with E-state index in [0.29, 0.717) is 12.1 Å². The number of rotatable bonds is 7. The van der Waals surface area contributed by atoms with E-state index in [2.05, 4.69) is 16.0 Å². The minimum absolute atomic E-state index is 0. The van der Waals surface area contributed by atoms with E-state index in [-0.39, 0.29) is 30.3 Å². The van der Waals surface area contributed by atoms with Gasteiger partial charge in [0.2, 0.25) is 5.91 Å². The average molecular weight is 346 g/mol. The molecule has 0 heterocycles. The summed E-state index contributed by atoms with van der Waals surface area (Å²) in [5.74, 6) is -1.09. The number of nitrogens with one attached hydrogen (secondary N) is 3. The van der Waals surface area contributed by atoms with Crippen molar-refractivity contribution in [1.29, 1.82) is 0 Å². The Kier molecular flexibility index (Phi) is 9.44. The SMILES string of the molecule is CNC(C)CNC(=O)C(NC(=O)c1ccc(F)cc1)C(C)C.Cl. The Morgan fingerprint density at radius 3 is 2.17 bits per heavy atom. The van der Waals surface area contributed by atoms with Gasteiger partial charge in [-0.05, 0) is 44.2 Å². The number of carbonyl (C=O) groups is 2. The number of hydrogen-bond donors (Lipinski definition) is 3. The van der Waals surface area contributed by atoms with E-state index in [1.165, 1.54) is 24.3 Å². The van der Waals surface area contributed by atoms with Gasteiger partial charge < -0.3 is 16.0 Å². The number of likely N-dealkylation sites (N-methyl/N-ethyl adjacent to an activating group) is 1. The molecule has 1 aromatic rings. The van der Waals surface area contributed by atoms with Crippen molar-refractivity contribution in [1.82, 2.24) is 16.0 Å². The molecule has 2 amide bonds. The molecule has 0 saturated heterocycles. The Hall–Kier alpha value is -1.66. The normalized spacial score (nSPS) is 13.0. The first-order valence-corrected chi connectivity index (χ1v) is 7.36. The number of benzene rings is 1.